The van der Waals surface area contributed by atoms with E-state index in [0.717, 1.165) is 31.6 Å². The molecular weight excluding hydrogens is 271 g/mol. The molecule has 0 saturated carbocycles. The van der Waals surface area contributed by atoms with Crippen LogP contribution in [0.1, 0.15) is 30.5 Å². The number of aryl methyl sites for hydroxylation is 1. The first-order chi connectivity index (χ1) is 9.99. The zero-order chi connectivity index (χ0) is 15.4. The average molecular weight is 296 g/mol. The molecule has 1 heterocycles. The van der Waals surface area contributed by atoms with E-state index < -0.39 is 0 Å². The van der Waals surface area contributed by atoms with Crippen molar-refractivity contribution in [3.05, 3.63) is 35.1 Å². The maximum Gasteiger partial charge on any atom is 0.126 e. The Morgan fingerprint density at radius 1 is 1.48 bits per heavy atom. The maximum atomic E-state index is 13.6. The van der Waals surface area contributed by atoms with Gasteiger partial charge in [-0.15, -0.1) is 0 Å². The lowest BCUT2D eigenvalue weighted by Gasteiger charge is -2.36. The van der Waals surface area contributed by atoms with Crippen LogP contribution in [0.15, 0.2) is 18.2 Å². The van der Waals surface area contributed by atoms with E-state index in [2.05, 4.69) is 4.90 Å². The summed E-state index contributed by atoms with van der Waals surface area (Å²) in [7, 11) is 0. The van der Waals surface area contributed by atoms with Crippen molar-refractivity contribution < 1.29 is 14.2 Å². The van der Waals surface area contributed by atoms with Gasteiger partial charge in [-0.2, -0.15) is 0 Å². The summed E-state index contributed by atoms with van der Waals surface area (Å²) in [6.45, 7) is 6.16. The van der Waals surface area contributed by atoms with Crippen LogP contribution in [0.4, 0.5) is 4.39 Å². The standard InChI is InChI=1S/C16H25FN2O2/c1-11-3-4-13(7-15(11)17)16(18)5-6-19-8-12(2)21-14(9-19)10-20/h3-4,7,12,14,16,20H,5-6,8-10,18H2,1-2H3. The van der Waals surface area contributed by atoms with Gasteiger partial charge in [0.2, 0.25) is 0 Å². The van der Waals surface area contributed by atoms with E-state index in [4.69, 9.17) is 10.5 Å². The topological polar surface area (TPSA) is 58.7 Å². The number of benzene rings is 1. The fourth-order valence-electron chi connectivity index (χ4n) is 2.75. The van der Waals surface area contributed by atoms with Crippen LogP contribution >= 0.6 is 0 Å². The minimum absolute atomic E-state index is 0.0378. The van der Waals surface area contributed by atoms with Crippen LogP contribution in [0.25, 0.3) is 0 Å². The van der Waals surface area contributed by atoms with E-state index in [1.165, 1.54) is 6.07 Å². The van der Waals surface area contributed by atoms with Crippen molar-refractivity contribution in [3.8, 4) is 0 Å². The third-order valence-corrected chi connectivity index (χ3v) is 3.99. The molecule has 3 unspecified atom stereocenters. The molecule has 0 amide bonds. The second-order valence-electron chi connectivity index (χ2n) is 5.91. The van der Waals surface area contributed by atoms with Gasteiger partial charge in [-0.3, -0.25) is 4.90 Å². The van der Waals surface area contributed by atoms with Crippen LogP contribution in [0, 0.1) is 12.7 Å². The highest BCUT2D eigenvalue weighted by Crippen LogP contribution is 2.19. The molecule has 118 valence electrons. The maximum absolute atomic E-state index is 13.6. The van der Waals surface area contributed by atoms with Crippen molar-refractivity contribution >= 4 is 0 Å². The number of morpholine rings is 1. The van der Waals surface area contributed by atoms with Crippen LogP contribution in [-0.2, 0) is 4.74 Å². The third-order valence-electron chi connectivity index (χ3n) is 3.99. The lowest BCUT2D eigenvalue weighted by molar-refractivity contribution is -0.0954. The van der Waals surface area contributed by atoms with E-state index in [1.54, 1.807) is 13.0 Å². The molecule has 0 radical (unpaired) electrons. The minimum atomic E-state index is -0.205. The van der Waals surface area contributed by atoms with Crippen LogP contribution in [-0.4, -0.2) is 48.5 Å². The summed E-state index contributed by atoms with van der Waals surface area (Å²) in [5.74, 6) is -0.205. The molecule has 1 aliphatic heterocycles. The van der Waals surface area contributed by atoms with Gasteiger partial charge in [0.1, 0.15) is 5.82 Å². The molecule has 1 aliphatic rings. The number of nitrogens with two attached hydrogens (primary N) is 1. The predicted molar refractivity (Wildman–Crippen MR) is 80.5 cm³/mol. The van der Waals surface area contributed by atoms with Crippen LogP contribution < -0.4 is 5.73 Å². The Morgan fingerprint density at radius 3 is 2.90 bits per heavy atom. The monoisotopic (exact) mass is 296 g/mol. The minimum Gasteiger partial charge on any atom is -0.394 e. The molecule has 4 nitrogen and oxygen atoms in total. The Hall–Kier alpha value is -1.01. The number of nitrogens with zero attached hydrogens (tertiary/aromatic N) is 1. The van der Waals surface area contributed by atoms with Crippen molar-refractivity contribution in [1.82, 2.24) is 4.90 Å². The van der Waals surface area contributed by atoms with E-state index in [9.17, 15) is 9.50 Å². The highest BCUT2D eigenvalue weighted by atomic mass is 19.1. The number of hydrogen-bond acceptors (Lipinski definition) is 4. The van der Waals surface area contributed by atoms with Crippen molar-refractivity contribution in [1.29, 1.82) is 0 Å². The van der Waals surface area contributed by atoms with Crippen molar-refractivity contribution in [2.24, 2.45) is 5.73 Å². The van der Waals surface area contributed by atoms with Crippen molar-refractivity contribution in [3.63, 3.8) is 0 Å². The van der Waals surface area contributed by atoms with Gasteiger partial charge in [-0.1, -0.05) is 12.1 Å². The molecule has 0 aliphatic carbocycles. The van der Waals surface area contributed by atoms with Crippen LogP contribution in [0.2, 0.25) is 0 Å². The van der Waals surface area contributed by atoms with Crippen molar-refractivity contribution in [2.45, 2.75) is 38.5 Å². The second-order valence-corrected chi connectivity index (χ2v) is 5.91. The van der Waals surface area contributed by atoms with Crippen LogP contribution in [0.5, 0.6) is 0 Å². The normalized spacial score (nSPS) is 25.0. The Balaban J connectivity index is 1.88. The number of ether oxygens (including phenoxy) is 1. The fourth-order valence-corrected chi connectivity index (χ4v) is 2.75. The summed E-state index contributed by atoms with van der Waals surface area (Å²) < 4.78 is 19.2. The predicted octanol–water partition coefficient (Wildman–Crippen LogP) is 1.61. The summed E-state index contributed by atoms with van der Waals surface area (Å²) >= 11 is 0. The first-order valence-electron chi connectivity index (χ1n) is 7.50. The zero-order valence-electron chi connectivity index (χ0n) is 12.8. The highest BCUT2D eigenvalue weighted by molar-refractivity contribution is 5.25. The smallest absolute Gasteiger partial charge is 0.126 e. The third kappa shape index (κ3) is 4.48. The number of halogens is 1. The van der Waals surface area contributed by atoms with Gasteiger partial charge in [0.25, 0.3) is 0 Å². The molecule has 0 bridgehead atoms. The summed E-state index contributed by atoms with van der Waals surface area (Å²) in [4.78, 5) is 2.25. The number of aliphatic hydroxyl groups excluding tert-OH is 1. The average Bonchev–Trinajstić information content (AvgIpc) is 2.47. The van der Waals surface area contributed by atoms with Gasteiger partial charge in [-0.25, -0.2) is 4.39 Å². The molecule has 1 saturated heterocycles. The lowest BCUT2D eigenvalue weighted by atomic mass is 10.0. The van der Waals surface area contributed by atoms with Gasteiger partial charge in [-0.05, 0) is 37.5 Å². The molecule has 2 rings (SSSR count). The summed E-state index contributed by atoms with van der Waals surface area (Å²) in [5, 5.41) is 9.22. The lowest BCUT2D eigenvalue weighted by Crippen LogP contribution is -2.48. The second kappa shape index (κ2) is 7.31. The first-order valence-corrected chi connectivity index (χ1v) is 7.50. The fraction of sp³-hybridized carbons (Fsp3) is 0.625. The highest BCUT2D eigenvalue weighted by Gasteiger charge is 2.24. The number of aliphatic hydroxyl groups is 1. The molecule has 0 aromatic heterocycles. The molecule has 5 heteroatoms. The Labute approximate surface area is 125 Å². The SMILES string of the molecule is Cc1ccc(C(N)CCN2CC(C)OC(CO)C2)cc1F. The van der Waals surface area contributed by atoms with E-state index in [-0.39, 0.29) is 30.7 Å². The number of hydrogen-bond donors (Lipinski definition) is 2. The van der Waals surface area contributed by atoms with Gasteiger partial charge in [0, 0.05) is 25.7 Å². The van der Waals surface area contributed by atoms with E-state index in [1.807, 2.05) is 13.0 Å². The molecule has 21 heavy (non-hydrogen) atoms. The van der Waals surface area contributed by atoms with Crippen molar-refractivity contribution in [2.75, 3.05) is 26.2 Å². The molecule has 1 aromatic rings. The van der Waals surface area contributed by atoms with Gasteiger partial charge >= 0.3 is 0 Å². The quantitative estimate of drug-likeness (QED) is 0.866. The van der Waals surface area contributed by atoms with Crippen LogP contribution in [0.3, 0.4) is 0 Å². The van der Waals surface area contributed by atoms with Gasteiger partial charge < -0.3 is 15.6 Å². The first kappa shape index (κ1) is 16.4. The van der Waals surface area contributed by atoms with Gasteiger partial charge in [0.05, 0.1) is 18.8 Å². The largest absolute Gasteiger partial charge is 0.394 e. The zero-order valence-corrected chi connectivity index (χ0v) is 12.8. The summed E-state index contributed by atoms with van der Waals surface area (Å²) in [6, 6.07) is 5.01. The Kier molecular flexibility index (Phi) is 5.70. The summed E-state index contributed by atoms with van der Waals surface area (Å²) in [6.07, 6.45) is 0.749. The molecule has 3 atom stereocenters. The molecule has 0 spiro atoms. The Bertz CT molecular complexity index is 470. The van der Waals surface area contributed by atoms with E-state index >= 15 is 0 Å². The Morgan fingerprint density at radius 2 is 2.24 bits per heavy atom. The summed E-state index contributed by atoms with van der Waals surface area (Å²) in [5.41, 5.74) is 7.63. The number of rotatable bonds is 5. The molecule has 1 aromatic carbocycles. The van der Waals surface area contributed by atoms with E-state index in [0.29, 0.717) is 5.56 Å². The van der Waals surface area contributed by atoms with Gasteiger partial charge in [0.15, 0.2) is 0 Å². The molecule has 1 fully saturated rings. The molecular formula is C16H25FN2O2. The molecule has 3 N–H and O–H groups in total.